The van der Waals surface area contributed by atoms with Crippen molar-refractivity contribution in [3.63, 3.8) is 0 Å². The molecule has 68 valence electrons. The molecular weight excluding hydrogens is 184 g/mol. The molecule has 0 aromatic heterocycles. The highest BCUT2D eigenvalue weighted by atomic mass is 32.3. The summed E-state index contributed by atoms with van der Waals surface area (Å²) < 4.78 is 33.2. The van der Waals surface area contributed by atoms with Crippen LogP contribution in [0.4, 0.5) is 0 Å². The summed E-state index contributed by atoms with van der Waals surface area (Å²) in [6.07, 6.45) is 2.57. The van der Waals surface area contributed by atoms with Gasteiger partial charge >= 0.3 is 10.4 Å². The van der Waals surface area contributed by atoms with Gasteiger partial charge in [0.2, 0.25) is 0 Å². The fraction of sp³-hybridized carbons (Fsp3) is 0.400. The quantitative estimate of drug-likeness (QED) is 0.457. The summed E-state index contributed by atoms with van der Waals surface area (Å²) in [5.74, 6) is -1.53. The first kappa shape index (κ1) is 9.33. The van der Waals surface area contributed by atoms with Gasteiger partial charge in [0.15, 0.2) is 0 Å². The van der Waals surface area contributed by atoms with Crippen LogP contribution in [-0.2, 0) is 14.6 Å². The molecule has 0 amide bonds. The third kappa shape index (κ3) is 2.11. The minimum absolute atomic E-state index is 0.363. The summed E-state index contributed by atoms with van der Waals surface area (Å²) in [7, 11) is -4.53. The van der Waals surface area contributed by atoms with Crippen LogP contribution in [0.1, 0.15) is 0 Å². The van der Waals surface area contributed by atoms with Gasteiger partial charge < -0.3 is 0 Å². The van der Waals surface area contributed by atoms with Gasteiger partial charge in [0, 0.05) is 12.8 Å². The molecule has 2 N–H and O–H groups in total. The molecule has 1 aliphatic heterocycles. The molecular formula is C5H8N2O4S. The van der Waals surface area contributed by atoms with E-state index in [0.29, 0.717) is 6.54 Å². The van der Waals surface area contributed by atoms with Crippen LogP contribution in [0.5, 0.6) is 0 Å². The summed E-state index contributed by atoms with van der Waals surface area (Å²) in [5.41, 5.74) is 0. The van der Waals surface area contributed by atoms with E-state index in [4.69, 9.17) is 4.55 Å². The Balaban J connectivity index is 2.83. The van der Waals surface area contributed by atoms with Crippen molar-refractivity contribution < 1.29 is 17.2 Å². The molecule has 0 spiro atoms. The molecule has 0 radical (unpaired) electrons. The van der Waals surface area contributed by atoms with Crippen molar-refractivity contribution in [2.75, 3.05) is 6.54 Å². The molecule has 0 bridgehead atoms. The normalized spacial score (nSPS) is 29.1. The average Bonchev–Trinajstić information content (AvgIpc) is 2.34. The Hall–Kier alpha value is -0.760. The lowest BCUT2D eigenvalue weighted by Gasteiger charge is -2.19. The van der Waals surface area contributed by atoms with Crippen LogP contribution in [0.2, 0.25) is 0 Å². The van der Waals surface area contributed by atoms with E-state index in [2.05, 4.69) is 21.1 Å². The first-order valence-corrected chi connectivity index (χ1v) is 4.44. The van der Waals surface area contributed by atoms with E-state index in [0.717, 1.165) is 6.08 Å². The van der Waals surface area contributed by atoms with E-state index in [1.807, 2.05) is 0 Å². The van der Waals surface area contributed by atoms with Crippen LogP contribution in [0.25, 0.3) is 0 Å². The van der Waals surface area contributed by atoms with E-state index in [-0.39, 0.29) is 0 Å². The lowest BCUT2D eigenvalue weighted by Crippen LogP contribution is -2.41. The van der Waals surface area contributed by atoms with Crippen LogP contribution < -0.4 is 5.32 Å². The summed E-state index contributed by atoms with van der Waals surface area (Å²) in [6.45, 7) is 3.68. The van der Waals surface area contributed by atoms with Crippen LogP contribution in [0, 0.1) is 0 Å². The molecule has 0 aliphatic carbocycles. The number of rotatable bonds is 3. The molecule has 1 unspecified atom stereocenters. The van der Waals surface area contributed by atoms with Crippen molar-refractivity contribution in [3.8, 4) is 0 Å². The van der Waals surface area contributed by atoms with Gasteiger partial charge in [-0.15, -0.1) is 0 Å². The first-order chi connectivity index (χ1) is 5.47. The van der Waals surface area contributed by atoms with Crippen LogP contribution in [0.3, 0.4) is 0 Å². The van der Waals surface area contributed by atoms with E-state index < -0.39 is 16.2 Å². The molecule has 0 saturated heterocycles. The van der Waals surface area contributed by atoms with E-state index >= 15 is 0 Å². The van der Waals surface area contributed by atoms with E-state index in [9.17, 15) is 8.42 Å². The Bertz CT molecular complexity index is 309. The van der Waals surface area contributed by atoms with Gasteiger partial charge in [0.25, 0.3) is 5.85 Å². The maximum absolute atomic E-state index is 10.3. The van der Waals surface area contributed by atoms with Gasteiger partial charge in [-0.25, -0.2) is 4.99 Å². The minimum Gasteiger partial charge on any atom is -0.263 e. The van der Waals surface area contributed by atoms with Crippen LogP contribution >= 0.6 is 0 Å². The third-order valence-electron chi connectivity index (χ3n) is 1.24. The maximum atomic E-state index is 10.3. The predicted molar refractivity (Wildman–Crippen MR) is 42.1 cm³/mol. The van der Waals surface area contributed by atoms with Gasteiger partial charge in [-0.05, 0) is 6.08 Å². The number of hydrogen-bond donors (Lipinski definition) is 2. The van der Waals surface area contributed by atoms with E-state index in [1.165, 1.54) is 6.21 Å². The number of hydrogen-bond acceptors (Lipinski definition) is 5. The predicted octanol–water partition coefficient (Wildman–Crippen LogP) is -0.680. The van der Waals surface area contributed by atoms with Crippen molar-refractivity contribution in [1.82, 2.24) is 5.32 Å². The van der Waals surface area contributed by atoms with Gasteiger partial charge in [-0.2, -0.15) is 12.6 Å². The maximum Gasteiger partial charge on any atom is 0.401 e. The second kappa shape index (κ2) is 2.94. The molecule has 0 fully saturated rings. The standard InChI is InChI=1S/C5H8N2O4S/c1-2-5(6-3-4-7-5)11-12(8,9)10/h2-3,7H,1,4H2,(H,8,9,10). The van der Waals surface area contributed by atoms with Crippen molar-refractivity contribution in [1.29, 1.82) is 0 Å². The molecule has 0 saturated carbocycles. The highest BCUT2D eigenvalue weighted by molar-refractivity contribution is 7.80. The highest BCUT2D eigenvalue weighted by Gasteiger charge is 2.33. The van der Waals surface area contributed by atoms with E-state index in [1.54, 1.807) is 0 Å². The van der Waals surface area contributed by atoms with Crippen LogP contribution in [-0.4, -0.2) is 31.6 Å². The van der Waals surface area contributed by atoms with Crippen LogP contribution in [0.15, 0.2) is 17.6 Å². The molecule has 12 heavy (non-hydrogen) atoms. The second-order valence-corrected chi connectivity index (χ2v) is 3.13. The number of aliphatic imine (C=N–C) groups is 1. The SMILES string of the molecule is C=CC1(OS(=O)(=O)O)N=CCN1. The van der Waals surface area contributed by atoms with Crippen molar-refractivity contribution >= 4 is 16.6 Å². The molecule has 1 aliphatic rings. The summed E-state index contributed by atoms with van der Waals surface area (Å²) in [6, 6.07) is 0. The Morgan fingerprint density at radius 1 is 1.83 bits per heavy atom. The molecule has 7 heteroatoms. The largest absolute Gasteiger partial charge is 0.401 e. The average molecular weight is 192 g/mol. The lowest BCUT2D eigenvalue weighted by molar-refractivity contribution is 0.0980. The van der Waals surface area contributed by atoms with Gasteiger partial charge in [0.05, 0.1) is 0 Å². The zero-order valence-electron chi connectivity index (χ0n) is 6.10. The van der Waals surface area contributed by atoms with Gasteiger partial charge in [-0.1, -0.05) is 6.58 Å². The fourth-order valence-corrected chi connectivity index (χ4v) is 1.28. The summed E-state index contributed by atoms with van der Waals surface area (Å²) in [4.78, 5) is 3.66. The molecule has 1 rings (SSSR count). The highest BCUT2D eigenvalue weighted by Crippen LogP contribution is 2.15. The lowest BCUT2D eigenvalue weighted by atomic mass is 10.4. The zero-order chi connectivity index (χ0) is 9.24. The summed E-state index contributed by atoms with van der Waals surface area (Å²) >= 11 is 0. The van der Waals surface area contributed by atoms with Gasteiger partial charge in [-0.3, -0.25) is 9.87 Å². The Kier molecular flexibility index (Phi) is 2.29. The van der Waals surface area contributed by atoms with Crippen molar-refractivity contribution in [2.24, 2.45) is 4.99 Å². The molecule has 0 aromatic carbocycles. The smallest absolute Gasteiger partial charge is 0.263 e. The molecule has 1 atom stereocenters. The van der Waals surface area contributed by atoms with Gasteiger partial charge in [0.1, 0.15) is 0 Å². The summed E-state index contributed by atoms with van der Waals surface area (Å²) in [5, 5.41) is 2.57. The minimum atomic E-state index is -4.53. The Labute approximate surface area is 69.9 Å². The third-order valence-corrected chi connectivity index (χ3v) is 1.70. The topological polar surface area (TPSA) is 88.0 Å². The monoisotopic (exact) mass is 192 g/mol. The molecule has 6 nitrogen and oxygen atoms in total. The zero-order valence-corrected chi connectivity index (χ0v) is 6.91. The number of nitrogens with zero attached hydrogens (tertiary/aromatic N) is 1. The van der Waals surface area contributed by atoms with Crippen molar-refractivity contribution in [3.05, 3.63) is 12.7 Å². The molecule has 1 heterocycles. The fourth-order valence-electron chi connectivity index (χ4n) is 0.789. The van der Waals surface area contributed by atoms with Crippen molar-refractivity contribution in [2.45, 2.75) is 5.85 Å². The number of nitrogens with one attached hydrogen (secondary N) is 1. The first-order valence-electron chi connectivity index (χ1n) is 3.08. The Morgan fingerprint density at radius 3 is 2.83 bits per heavy atom. The molecule has 0 aromatic rings. The second-order valence-electron chi connectivity index (χ2n) is 2.10. The Morgan fingerprint density at radius 2 is 2.50 bits per heavy atom.